The molecule has 3 fully saturated rings. The van der Waals surface area contributed by atoms with Gasteiger partial charge >= 0.3 is 0 Å². The van der Waals surface area contributed by atoms with Crippen LogP contribution in [0.4, 0.5) is 0 Å². The molecule has 3 aliphatic rings. The first-order chi connectivity index (χ1) is 44.3. The molecule has 19 heteroatoms. The molecular formula is C72H133NO18. The minimum atomic E-state index is -1.98. The molecule has 0 saturated carbocycles. The third kappa shape index (κ3) is 35.7. The summed E-state index contributed by atoms with van der Waals surface area (Å²) < 4.78 is 34.3. The van der Waals surface area contributed by atoms with Gasteiger partial charge in [0.1, 0.15) is 73.2 Å². The number of hydrogen-bond donors (Lipinski definition) is 12. The first kappa shape index (κ1) is 83.2. The lowest BCUT2D eigenvalue weighted by Gasteiger charge is -2.48. The average molecular weight is 1300 g/mol. The van der Waals surface area contributed by atoms with Gasteiger partial charge in [-0.1, -0.05) is 275 Å². The molecule has 17 unspecified atom stereocenters. The molecule has 19 nitrogen and oxygen atoms in total. The molecule has 3 saturated heterocycles. The number of rotatable bonds is 57. The molecule has 0 radical (unpaired) electrons. The largest absolute Gasteiger partial charge is 0.394 e. The Kier molecular flexibility index (Phi) is 49.5. The minimum Gasteiger partial charge on any atom is -0.394 e. The van der Waals surface area contributed by atoms with Crippen molar-refractivity contribution in [2.75, 3.05) is 26.4 Å². The van der Waals surface area contributed by atoms with Gasteiger partial charge < -0.3 is 89.9 Å². The smallest absolute Gasteiger partial charge is 0.220 e. The highest BCUT2D eigenvalue weighted by Crippen LogP contribution is 2.33. The fraction of sp³-hybridized carbons (Fsp3) is 0.903. The van der Waals surface area contributed by atoms with E-state index in [0.29, 0.717) is 12.8 Å². The Labute approximate surface area is 549 Å². The average Bonchev–Trinajstić information content (AvgIpc) is 0.850. The topological polar surface area (TPSA) is 307 Å². The third-order valence-electron chi connectivity index (χ3n) is 18.4. The van der Waals surface area contributed by atoms with Crippen molar-refractivity contribution in [3.8, 4) is 0 Å². The highest BCUT2D eigenvalue weighted by molar-refractivity contribution is 5.76. The van der Waals surface area contributed by atoms with Gasteiger partial charge in [-0.05, 0) is 38.5 Å². The van der Waals surface area contributed by atoms with Gasteiger partial charge in [-0.2, -0.15) is 0 Å². The van der Waals surface area contributed by atoms with Crippen molar-refractivity contribution >= 4 is 5.91 Å². The molecule has 534 valence electrons. The molecule has 3 heterocycles. The second kappa shape index (κ2) is 54.1. The summed E-state index contributed by atoms with van der Waals surface area (Å²) in [6.07, 6.45) is 37.6. The van der Waals surface area contributed by atoms with Crippen molar-refractivity contribution in [3.05, 3.63) is 36.5 Å². The first-order valence-electron chi connectivity index (χ1n) is 36.7. The number of amides is 1. The molecule has 0 bridgehead atoms. The standard InChI is InChI=1S/C72H133NO18/c1-3-5-7-9-11-13-15-16-17-18-19-20-21-22-23-24-25-26-27-28-29-30-31-32-33-34-35-36-37-38-40-42-44-46-48-50-60(78)73-55(56(77)49-47-45-43-41-39-14-12-10-8-6-4-2)54-86-70-66(84)63(81)68(58(52-75)88-70)91-72-67(85)64(82)69(59(53-76)89-72)90-71-65(83)62(80)61(79)57(51-74)87-71/h8,10,39,41,47,49,55-59,61-72,74-77,79-85H,3-7,9,11-38,40,42-46,48,50-54H2,1-2H3,(H,73,78)/b10-8+,41-39+,49-47+. The number of allylic oxidation sites excluding steroid dienone is 5. The highest BCUT2D eigenvalue weighted by atomic mass is 16.8. The van der Waals surface area contributed by atoms with Gasteiger partial charge in [0.05, 0.1) is 38.6 Å². The first-order valence-corrected chi connectivity index (χ1v) is 36.7. The summed E-state index contributed by atoms with van der Waals surface area (Å²) in [7, 11) is 0. The zero-order chi connectivity index (χ0) is 66.1. The molecule has 0 aliphatic carbocycles. The number of carbonyl (C=O) groups excluding carboxylic acids is 1. The summed E-state index contributed by atoms with van der Waals surface area (Å²) in [5.41, 5.74) is 0. The van der Waals surface area contributed by atoms with Crippen LogP contribution in [0.2, 0.25) is 0 Å². The molecule has 17 atom stereocenters. The van der Waals surface area contributed by atoms with E-state index < -0.39 is 124 Å². The predicted octanol–water partition coefficient (Wildman–Crippen LogP) is 10.4. The van der Waals surface area contributed by atoms with E-state index in [-0.39, 0.29) is 18.9 Å². The number of aliphatic hydroxyl groups excluding tert-OH is 11. The quantitative estimate of drug-likeness (QED) is 0.0199. The van der Waals surface area contributed by atoms with E-state index in [1.54, 1.807) is 6.08 Å². The molecule has 3 aliphatic heterocycles. The monoisotopic (exact) mass is 1300 g/mol. The van der Waals surface area contributed by atoms with Crippen LogP contribution in [0.1, 0.15) is 284 Å². The van der Waals surface area contributed by atoms with Crippen molar-refractivity contribution in [2.24, 2.45) is 0 Å². The zero-order valence-corrected chi connectivity index (χ0v) is 56.6. The lowest BCUT2D eigenvalue weighted by molar-refractivity contribution is -0.379. The fourth-order valence-electron chi connectivity index (χ4n) is 12.5. The van der Waals surface area contributed by atoms with Gasteiger partial charge in [0.2, 0.25) is 5.91 Å². The van der Waals surface area contributed by atoms with Gasteiger partial charge in [-0.15, -0.1) is 0 Å². The molecule has 3 rings (SSSR count). The number of carbonyl (C=O) groups is 1. The van der Waals surface area contributed by atoms with Gasteiger partial charge in [-0.3, -0.25) is 4.79 Å². The van der Waals surface area contributed by atoms with Gasteiger partial charge in [-0.25, -0.2) is 0 Å². The molecule has 0 aromatic carbocycles. The summed E-state index contributed by atoms with van der Waals surface area (Å²) in [5.74, 6) is -0.287. The molecule has 0 aromatic rings. The predicted molar refractivity (Wildman–Crippen MR) is 356 cm³/mol. The Hall–Kier alpha value is -1.99. The summed E-state index contributed by atoms with van der Waals surface area (Å²) >= 11 is 0. The fourth-order valence-corrected chi connectivity index (χ4v) is 12.5. The van der Waals surface area contributed by atoms with E-state index >= 15 is 0 Å². The maximum Gasteiger partial charge on any atom is 0.220 e. The van der Waals surface area contributed by atoms with Crippen molar-refractivity contribution < 1.29 is 89.4 Å². The minimum absolute atomic E-state index is 0.236. The maximum atomic E-state index is 13.4. The molecule has 91 heavy (non-hydrogen) atoms. The number of nitrogens with one attached hydrogen (secondary N) is 1. The maximum absolute atomic E-state index is 13.4. The van der Waals surface area contributed by atoms with E-state index in [9.17, 15) is 61.0 Å². The van der Waals surface area contributed by atoms with Crippen LogP contribution in [0.3, 0.4) is 0 Å². The van der Waals surface area contributed by atoms with Crippen molar-refractivity contribution in [2.45, 2.75) is 388 Å². The number of hydrogen-bond acceptors (Lipinski definition) is 18. The van der Waals surface area contributed by atoms with Crippen molar-refractivity contribution in [1.29, 1.82) is 0 Å². The SMILES string of the molecule is CCC/C=C/CC/C=C/CC/C=C/C(O)C(COC1OC(CO)C(OC2OC(CO)C(OC3OC(CO)C(O)C(O)C3O)C(O)C2O)C(O)C1O)NC(=O)CCCCCCCCCCCCCCCCCCCCCCCCCCCCCCCCCCCCC. The van der Waals surface area contributed by atoms with Crippen molar-refractivity contribution in [3.63, 3.8) is 0 Å². The Morgan fingerprint density at radius 2 is 0.703 bits per heavy atom. The van der Waals surface area contributed by atoms with E-state index in [1.165, 1.54) is 199 Å². The van der Waals surface area contributed by atoms with Crippen LogP contribution in [0, 0.1) is 0 Å². The molecular weight excluding hydrogens is 1170 g/mol. The Morgan fingerprint density at radius 3 is 1.08 bits per heavy atom. The number of ether oxygens (including phenoxy) is 6. The lowest BCUT2D eigenvalue weighted by Crippen LogP contribution is -2.66. The Bertz CT molecular complexity index is 1790. The number of unbranched alkanes of at least 4 members (excludes halogenated alkanes) is 37. The van der Waals surface area contributed by atoms with Crippen LogP contribution < -0.4 is 5.32 Å². The molecule has 12 N–H and O–H groups in total. The second-order valence-electron chi connectivity index (χ2n) is 26.4. The van der Waals surface area contributed by atoms with Gasteiger partial charge in [0, 0.05) is 6.42 Å². The van der Waals surface area contributed by atoms with Crippen LogP contribution in [-0.4, -0.2) is 193 Å². The van der Waals surface area contributed by atoms with Crippen molar-refractivity contribution in [1.82, 2.24) is 5.32 Å². The van der Waals surface area contributed by atoms with Gasteiger partial charge in [0.25, 0.3) is 0 Å². The van der Waals surface area contributed by atoms with Crippen LogP contribution >= 0.6 is 0 Å². The summed E-state index contributed by atoms with van der Waals surface area (Å²) in [4.78, 5) is 13.4. The Balaban J connectivity index is 1.30. The van der Waals surface area contributed by atoms with Crippen LogP contribution in [-0.2, 0) is 33.2 Å². The van der Waals surface area contributed by atoms with E-state index in [2.05, 4.69) is 43.5 Å². The van der Waals surface area contributed by atoms with Gasteiger partial charge in [0.15, 0.2) is 18.9 Å². The zero-order valence-electron chi connectivity index (χ0n) is 56.6. The third-order valence-corrected chi connectivity index (χ3v) is 18.4. The van der Waals surface area contributed by atoms with Crippen LogP contribution in [0.15, 0.2) is 36.5 Å². The summed E-state index contributed by atoms with van der Waals surface area (Å²) in [6.45, 7) is 1.64. The lowest BCUT2D eigenvalue weighted by atomic mass is 9.96. The van der Waals surface area contributed by atoms with E-state index in [0.717, 1.165) is 51.4 Å². The Morgan fingerprint density at radius 1 is 0.385 bits per heavy atom. The highest BCUT2D eigenvalue weighted by Gasteiger charge is 2.53. The summed E-state index contributed by atoms with van der Waals surface area (Å²) in [6, 6.07) is -0.993. The summed E-state index contributed by atoms with van der Waals surface area (Å²) in [5, 5.41) is 120. The van der Waals surface area contributed by atoms with Crippen LogP contribution in [0.25, 0.3) is 0 Å². The van der Waals surface area contributed by atoms with E-state index in [4.69, 9.17) is 28.4 Å². The molecule has 1 amide bonds. The molecule has 0 aromatic heterocycles. The van der Waals surface area contributed by atoms with Crippen LogP contribution in [0.5, 0.6) is 0 Å². The van der Waals surface area contributed by atoms with E-state index in [1.807, 2.05) is 6.08 Å². The molecule has 0 spiro atoms. The second-order valence-corrected chi connectivity index (χ2v) is 26.4. The normalized spacial score (nSPS) is 28.0. The number of aliphatic hydroxyl groups is 11.